The fourth-order valence-electron chi connectivity index (χ4n) is 4.03. The zero-order valence-corrected chi connectivity index (χ0v) is 19.3. The van der Waals surface area contributed by atoms with Crippen LogP contribution in [0.25, 0.3) is 17.2 Å². The van der Waals surface area contributed by atoms with Gasteiger partial charge in [-0.1, -0.05) is 29.8 Å². The van der Waals surface area contributed by atoms with Gasteiger partial charge in [-0.25, -0.2) is 19.9 Å². The van der Waals surface area contributed by atoms with Gasteiger partial charge in [-0.15, -0.1) is 0 Å². The third-order valence-electron chi connectivity index (χ3n) is 6.13. The van der Waals surface area contributed by atoms with E-state index in [9.17, 15) is 26.7 Å². The number of carbonyl (C=O) groups excluding carboxylic acids is 1. The van der Waals surface area contributed by atoms with Gasteiger partial charge in [0.1, 0.15) is 22.7 Å². The van der Waals surface area contributed by atoms with Crippen LogP contribution >= 0.6 is 0 Å². The van der Waals surface area contributed by atoms with Crippen LogP contribution in [0.1, 0.15) is 23.6 Å². The molecule has 0 aliphatic carbocycles. The van der Waals surface area contributed by atoms with Crippen molar-refractivity contribution in [3.63, 3.8) is 0 Å². The molecule has 5 rings (SSSR count). The number of nitrogens with one attached hydrogen (secondary N) is 1. The predicted molar refractivity (Wildman–Crippen MR) is 121 cm³/mol. The lowest BCUT2D eigenvalue weighted by Crippen LogP contribution is -2.41. The number of rotatable bonds is 5. The lowest BCUT2D eigenvalue weighted by atomic mass is 9.77. The number of anilines is 2. The molecule has 0 radical (unpaired) electrons. The third-order valence-corrected chi connectivity index (χ3v) is 6.13. The van der Waals surface area contributed by atoms with E-state index in [1.54, 1.807) is 19.1 Å². The van der Waals surface area contributed by atoms with Crippen LogP contribution in [-0.4, -0.2) is 48.9 Å². The van der Waals surface area contributed by atoms with Crippen LogP contribution in [-0.2, 0) is 10.2 Å². The zero-order valence-electron chi connectivity index (χ0n) is 19.3. The first kappa shape index (κ1) is 24.3. The highest BCUT2D eigenvalue weighted by atomic mass is 19.4. The van der Waals surface area contributed by atoms with Crippen molar-refractivity contribution in [2.45, 2.75) is 31.4 Å². The van der Waals surface area contributed by atoms with Gasteiger partial charge in [-0.2, -0.15) is 22.0 Å². The Morgan fingerprint density at radius 1 is 1.11 bits per heavy atom. The van der Waals surface area contributed by atoms with Crippen molar-refractivity contribution in [3.05, 3.63) is 59.5 Å². The normalized spacial score (nSPS) is 17.6. The van der Waals surface area contributed by atoms with Crippen molar-refractivity contribution >= 4 is 23.2 Å². The minimum Gasteiger partial charge on any atom is -0.468 e. The summed E-state index contributed by atoms with van der Waals surface area (Å²) < 4.78 is 70.8. The predicted octanol–water partition coefficient (Wildman–Crippen LogP) is 3.91. The summed E-state index contributed by atoms with van der Waals surface area (Å²) in [6, 6.07) is 7.30. The molecule has 1 atom stereocenters. The monoisotopic (exact) mass is 519 g/mol. The van der Waals surface area contributed by atoms with Gasteiger partial charge in [-0.3, -0.25) is 4.79 Å². The minimum absolute atomic E-state index is 0.0416. The molecule has 1 amide bonds. The van der Waals surface area contributed by atoms with E-state index >= 15 is 0 Å². The number of imidazole rings is 1. The average Bonchev–Trinajstić information content (AvgIpc) is 3.40. The van der Waals surface area contributed by atoms with E-state index in [-0.39, 0.29) is 34.7 Å². The van der Waals surface area contributed by atoms with Crippen LogP contribution in [0.4, 0.5) is 33.6 Å². The summed E-state index contributed by atoms with van der Waals surface area (Å²) in [6.45, 7) is 1.58. The van der Waals surface area contributed by atoms with Crippen LogP contribution in [0.5, 0.6) is 5.88 Å². The van der Waals surface area contributed by atoms with E-state index in [4.69, 9.17) is 10.5 Å². The fourth-order valence-corrected chi connectivity index (χ4v) is 4.03. The summed E-state index contributed by atoms with van der Waals surface area (Å²) in [4.78, 5) is 29.6. The number of carbonyl (C=O) groups is 1. The number of amides is 1. The maximum absolute atomic E-state index is 13.5. The number of alkyl halides is 5. The quantitative estimate of drug-likeness (QED) is 0.384. The molecule has 9 nitrogen and oxygen atoms in total. The van der Waals surface area contributed by atoms with Crippen LogP contribution in [0.15, 0.2) is 42.9 Å². The molecule has 0 fully saturated rings. The lowest BCUT2D eigenvalue weighted by molar-refractivity contribution is -0.290. The summed E-state index contributed by atoms with van der Waals surface area (Å²) in [7, 11) is 0. The number of fused-ring (bicyclic) bond motifs is 2. The van der Waals surface area contributed by atoms with Crippen molar-refractivity contribution in [3.8, 4) is 17.4 Å². The van der Waals surface area contributed by atoms with Crippen LogP contribution in [0, 0.1) is 6.92 Å². The molecule has 1 unspecified atom stereocenters. The average molecular weight is 519 g/mol. The Labute approximate surface area is 205 Å². The third kappa shape index (κ3) is 3.88. The van der Waals surface area contributed by atoms with Crippen LogP contribution < -0.4 is 15.8 Å². The summed E-state index contributed by atoms with van der Waals surface area (Å²) in [5.41, 5.74) is 6.91. The molecule has 3 aromatic heterocycles. The van der Waals surface area contributed by atoms with Gasteiger partial charge in [0.15, 0.2) is 12.4 Å². The molecular formula is C23H18F5N7O2. The Balaban J connectivity index is 1.57. The number of nitrogens with two attached hydrogens (primary N) is 1. The number of aromatic nitrogens is 5. The Kier molecular flexibility index (Phi) is 5.31. The summed E-state index contributed by atoms with van der Waals surface area (Å²) >= 11 is 0. The molecule has 0 saturated carbocycles. The molecule has 3 N–H and O–H groups in total. The fraction of sp³-hybridized carbons (Fsp3) is 0.261. The summed E-state index contributed by atoms with van der Waals surface area (Å²) in [5.74, 6) is -6.14. The molecular weight excluding hydrogens is 501 g/mol. The van der Waals surface area contributed by atoms with Crippen molar-refractivity contribution in [2.24, 2.45) is 0 Å². The van der Waals surface area contributed by atoms with Crippen molar-refractivity contribution in [1.29, 1.82) is 0 Å². The number of benzene rings is 1. The Hall–Kier alpha value is -4.36. The van der Waals surface area contributed by atoms with Gasteiger partial charge >= 0.3 is 12.1 Å². The molecule has 0 saturated heterocycles. The first-order valence-electron chi connectivity index (χ1n) is 10.8. The Morgan fingerprint density at radius 3 is 2.49 bits per heavy atom. The van der Waals surface area contributed by atoms with Crippen molar-refractivity contribution < 1.29 is 31.5 Å². The van der Waals surface area contributed by atoms with E-state index in [1.165, 1.54) is 23.0 Å². The maximum atomic E-state index is 13.5. The number of nitrogen functional groups attached to an aromatic ring is 1. The number of halogens is 5. The maximum Gasteiger partial charge on any atom is 0.456 e. The molecule has 14 heteroatoms. The number of hydrogen-bond acceptors (Lipinski definition) is 7. The van der Waals surface area contributed by atoms with E-state index in [0.29, 0.717) is 11.1 Å². The topological polar surface area (TPSA) is 120 Å². The first-order chi connectivity index (χ1) is 17.3. The highest BCUT2D eigenvalue weighted by molar-refractivity contribution is 6.09. The SMILES string of the molecule is Cc1ccc(C2(C)C(=O)Nc3nc(-c4cn5ccnc5c(OCC(F)(F)C(F)(F)F)n4)nc(N)c32)cc1. The minimum atomic E-state index is -5.81. The second-order valence-corrected chi connectivity index (χ2v) is 8.68. The van der Waals surface area contributed by atoms with Crippen molar-refractivity contribution in [1.82, 2.24) is 24.3 Å². The van der Waals surface area contributed by atoms with E-state index < -0.39 is 30.0 Å². The largest absolute Gasteiger partial charge is 0.468 e. The smallest absolute Gasteiger partial charge is 0.456 e. The summed E-state index contributed by atoms with van der Waals surface area (Å²) in [6.07, 6.45) is -1.76. The van der Waals surface area contributed by atoms with Crippen molar-refractivity contribution in [2.75, 3.05) is 17.7 Å². The highest BCUT2D eigenvalue weighted by Gasteiger charge is 2.58. The number of aryl methyl sites for hydroxylation is 1. The van der Waals surface area contributed by atoms with E-state index in [2.05, 4.69) is 25.3 Å². The van der Waals surface area contributed by atoms with Crippen LogP contribution in [0.2, 0.25) is 0 Å². The Morgan fingerprint density at radius 2 is 1.81 bits per heavy atom. The molecule has 37 heavy (non-hydrogen) atoms. The first-order valence-corrected chi connectivity index (χ1v) is 10.8. The molecule has 4 heterocycles. The summed E-state index contributed by atoms with van der Waals surface area (Å²) in [5, 5.41) is 2.69. The zero-order chi connectivity index (χ0) is 26.8. The molecule has 1 aliphatic rings. The second kappa shape index (κ2) is 8.08. The van der Waals surface area contributed by atoms with Gasteiger partial charge in [-0.05, 0) is 19.4 Å². The van der Waals surface area contributed by atoms with Gasteiger partial charge in [0, 0.05) is 18.6 Å². The Bertz CT molecular complexity index is 1540. The second-order valence-electron chi connectivity index (χ2n) is 8.68. The number of ether oxygens (including phenoxy) is 1. The van der Waals surface area contributed by atoms with Gasteiger partial charge in [0.25, 0.3) is 5.88 Å². The van der Waals surface area contributed by atoms with E-state index in [1.807, 2.05) is 19.1 Å². The molecule has 1 aromatic carbocycles. The van der Waals surface area contributed by atoms with Crippen LogP contribution in [0.3, 0.4) is 0 Å². The molecule has 0 bridgehead atoms. The molecule has 4 aromatic rings. The molecule has 0 spiro atoms. The number of hydrogen-bond donors (Lipinski definition) is 2. The standard InChI is InChI=1S/C23H18F5N7O2/c1-11-3-5-12(6-4-11)21(2)14-15(29)32-16(33-17(14)34-20(21)36)13-9-35-8-7-30-18(35)19(31-13)37-10-22(24,25)23(26,27)28/h3-9H,10H2,1-2H3,(H3,29,32,33,34,36). The lowest BCUT2D eigenvalue weighted by Gasteiger charge is -2.23. The molecule has 1 aliphatic heterocycles. The molecule has 192 valence electrons. The van der Waals surface area contributed by atoms with Gasteiger partial charge < -0.3 is 20.2 Å². The van der Waals surface area contributed by atoms with Gasteiger partial charge in [0.2, 0.25) is 11.6 Å². The number of nitrogens with zero attached hydrogens (tertiary/aromatic N) is 5. The van der Waals surface area contributed by atoms with Gasteiger partial charge in [0.05, 0.1) is 5.56 Å². The van der Waals surface area contributed by atoms with E-state index in [0.717, 1.165) is 5.56 Å². The highest BCUT2D eigenvalue weighted by Crippen LogP contribution is 2.45.